The molecule has 1 aromatic heterocycles. The first-order valence-corrected chi connectivity index (χ1v) is 11.5. The van der Waals surface area contributed by atoms with Gasteiger partial charge in [-0.05, 0) is 23.5 Å². The number of carboxylic acids is 1. The molecule has 0 spiro atoms. The molecule has 186 valence electrons. The maximum absolute atomic E-state index is 13.2. The summed E-state index contributed by atoms with van der Waals surface area (Å²) in [6.45, 7) is 6.76. The third-order valence-electron chi connectivity index (χ3n) is 5.95. The highest BCUT2D eigenvalue weighted by atomic mass is 16.4. The fourth-order valence-corrected chi connectivity index (χ4v) is 3.57. The van der Waals surface area contributed by atoms with Gasteiger partial charge in [0.05, 0.1) is 6.04 Å². The van der Waals surface area contributed by atoms with E-state index in [1.807, 2.05) is 38.1 Å². The Hall–Kier alpha value is -3.40. The number of aliphatic carboxylic acids is 1. The van der Waals surface area contributed by atoms with Crippen LogP contribution in [0.4, 0.5) is 0 Å². The molecule has 0 aliphatic heterocycles. The molecule has 0 saturated carbocycles. The van der Waals surface area contributed by atoms with Crippen LogP contribution in [-0.2, 0) is 25.6 Å². The van der Waals surface area contributed by atoms with Crippen molar-refractivity contribution in [1.82, 2.24) is 20.9 Å². The predicted octanol–water partition coefficient (Wildman–Crippen LogP) is 0.910. The zero-order chi connectivity index (χ0) is 25.4. The van der Waals surface area contributed by atoms with Gasteiger partial charge < -0.3 is 31.8 Å². The molecule has 4 atom stereocenters. The van der Waals surface area contributed by atoms with Crippen molar-refractivity contribution in [2.75, 3.05) is 6.54 Å². The molecule has 10 nitrogen and oxygen atoms in total. The zero-order valence-corrected chi connectivity index (χ0v) is 20.1. The first-order chi connectivity index (χ1) is 16.0. The van der Waals surface area contributed by atoms with Crippen molar-refractivity contribution in [3.8, 4) is 0 Å². The summed E-state index contributed by atoms with van der Waals surface area (Å²) in [5.41, 5.74) is 7.68. The minimum Gasteiger partial charge on any atom is -0.480 e. The number of H-pyrrole nitrogens is 1. The standard InChI is InChI=1S/C24H35N5O5/c1-5-14(4)20(25)23(33)29-21(13(2)3)24(34)28-18(22(32)27-12-19(30)31)10-15-11-26-17-9-7-6-8-16(15)17/h6-9,11,13-14,18,20-21,26H,5,10,12,25H2,1-4H3,(H,27,32)(H,28,34)(H,29,33)(H,30,31). The van der Waals surface area contributed by atoms with Crippen LogP contribution in [0, 0.1) is 11.8 Å². The van der Waals surface area contributed by atoms with Crippen LogP contribution in [0.5, 0.6) is 0 Å². The van der Waals surface area contributed by atoms with Gasteiger partial charge in [0.15, 0.2) is 0 Å². The molecule has 0 saturated heterocycles. The van der Waals surface area contributed by atoms with Crippen LogP contribution in [0.15, 0.2) is 30.5 Å². The van der Waals surface area contributed by atoms with Gasteiger partial charge in [0.1, 0.15) is 18.6 Å². The molecule has 7 N–H and O–H groups in total. The molecule has 0 bridgehead atoms. The number of hydrogen-bond acceptors (Lipinski definition) is 5. The molecule has 1 heterocycles. The normalized spacial score (nSPS) is 14.8. The number of aromatic amines is 1. The van der Waals surface area contributed by atoms with Crippen LogP contribution < -0.4 is 21.7 Å². The number of benzene rings is 1. The minimum atomic E-state index is -1.20. The van der Waals surface area contributed by atoms with E-state index in [1.54, 1.807) is 20.0 Å². The Kier molecular flexibility index (Phi) is 9.61. The fraction of sp³-hybridized carbons (Fsp3) is 0.500. The van der Waals surface area contributed by atoms with Crippen molar-refractivity contribution in [2.45, 2.75) is 58.7 Å². The summed E-state index contributed by atoms with van der Waals surface area (Å²) in [6, 6.07) is 4.79. The topological polar surface area (TPSA) is 166 Å². The quantitative estimate of drug-likeness (QED) is 0.268. The van der Waals surface area contributed by atoms with E-state index in [0.717, 1.165) is 16.5 Å². The van der Waals surface area contributed by atoms with Crippen molar-refractivity contribution < 1.29 is 24.3 Å². The van der Waals surface area contributed by atoms with Gasteiger partial charge in [0, 0.05) is 23.5 Å². The fourth-order valence-electron chi connectivity index (χ4n) is 3.57. The summed E-state index contributed by atoms with van der Waals surface area (Å²) in [6.07, 6.45) is 2.59. The number of aromatic nitrogens is 1. The van der Waals surface area contributed by atoms with E-state index in [1.165, 1.54) is 0 Å². The van der Waals surface area contributed by atoms with Crippen molar-refractivity contribution in [2.24, 2.45) is 17.6 Å². The van der Waals surface area contributed by atoms with E-state index in [2.05, 4.69) is 20.9 Å². The number of para-hydroxylation sites is 1. The van der Waals surface area contributed by atoms with Crippen molar-refractivity contribution in [3.63, 3.8) is 0 Å². The van der Waals surface area contributed by atoms with Gasteiger partial charge in [-0.25, -0.2) is 0 Å². The molecule has 10 heteroatoms. The van der Waals surface area contributed by atoms with Crippen LogP contribution in [0.2, 0.25) is 0 Å². The second-order valence-corrected chi connectivity index (χ2v) is 8.88. The molecular formula is C24H35N5O5. The second-order valence-electron chi connectivity index (χ2n) is 8.88. The molecule has 3 amide bonds. The summed E-state index contributed by atoms with van der Waals surface area (Å²) in [5, 5.41) is 17.6. The van der Waals surface area contributed by atoms with E-state index in [4.69, 9.17) is 10.8 Å². The number of fused-ring (bicyclic) bond motifs is 1. The average molecular weight is 474 g/mol. The van der Waals surface area contributed by atoms with Crippen LogP contribution in [0.1, 0.15) is 39.7 Å². The Labute approximate surface area is 199 Å². The zero-order valence-electron chi connectivity index (χ0n) is 20.1. The number of carboxylic acid groups (broad SMARTS) is 1. The van der Waals surface area contributed by atoms with Gasteiger partial charge in [-0.3, -0.25) is 19.2 Å². The molecule has 2 aromatic rings. The predicted molar refractivity (Wildman–Crippen MR) is 129 cm³/mol. The number of amides is 3. The first-order valence-electron chi connectivity index (χ1n) is 11.5. The Morgan fingerprint density at radius 3 is 2.32 bits per heavy atom. The van der Waals surface area contributed by atoms with Crippen molar-refractivity contribution in [3.05, 3.63) is 36.0 Å². The molecule has 0 aliphatic carbocycles. The lowest BCUT2D eigenvalue weighted by molar-refractivity contribution is -0.138. The highest BCUT2D eigenvalue weighted by molar-refractivity contribution is 5.94. The molecule has 0 fully saturated rings. The Balaban J connectivity index is 2.23. The summed E-state index contributed by atoms with van der Waals surface area (Å²) < 4.78 is 0. The van der Waals surface area contributed by atoms with Gasteiger partial charge in [0.2, 0.25) is 17.7 Å². The van der Waals surface area contributed by atoms with Crippen LogP contribution in [0.3, 0.4) is 0 Å². The summed E-state index contributed by atoms with van der Waals surface area (Å²) in [7, 11) is 0. The first kappa shape index (κ1) is 26.8. The van der Waals surface area contributed by atoms with E-state index in [9.17, 15) is 19.2 Å². The van der Waals surface area contributed by atoms with E-state index in [0.29, 0.717) is 6.42 Å². The number of nitrogens with two attached hydrogens (primary N) is 1. The Morgan fingerprint density at radius 2 is 1.71 bits per heavy atom. The van der Waals surface area contributed by atoms with E-state index in [-0.39, 0.29) is 18.3 Å². The number of rotatable bonds is 12. The van der Waals surface area contributed by atoms with Crippen LogP contribution in [0.25, 0.3) is 10.9 Å². The maximum atomic E-state index is 13.2. The summed E-state index contributed by atoms with van der Waals surface area (Å²) in [5.74, 6) is -3.15. The number of nitrogens with one attached hydrogen (secondary N) is 4. The van der Waals surface area contributed by atoms with Gasteiger partial charge in [-0.1, -0.05) is 52.3 Å². The molecule has 0 radical (unpaired) electrons. The van der Waals surface area contributed by atoms with Gasteiger partial charge >= 0.3 is 5.97 Å². The van der Waals surface area contributed by atoms with Crippen LogP contribution in [-0.4, -0.2) is 58.5 Å². The summed E-state index contributed by atoms with van der Waals surface area (Å²) >= 11 is 0. The monoisotopic (exact) mass is 473 g/mol. The van der Waals surface area contributed by atoms with E-state index < -0.39 is 48.4 Å². The molecule has 2 rings (SSSR count). The number of hydrogen-bond donors (Lipinski definition) is 6. The smallest absolute Gasteiger partial charge is 0.322 e. The van der Waals surface area contributed by atoms with Gasteiger partial charge in [0.25, 0.3) is 0 Å². The maximum Gasteiger partial charge on any atom is 0.322 e. The highest BCUT2D eigenvalue weighted by Gasteiger charge is 2.31. The van der Waals surface area contributed by atoms with E-state index >= 15 is 0 Å². The third-order valence-corrected chi connectivity index (χ3v) is 5.95. The SMILES string of the molecule is CCC(C)C(N)C(=O)NC(C(=O)NC(Cc1c[nH]c2ccccc12)C(=O)NCC(=O)O)C(C)C. The van der Waals surface area contributed by atoms with Crippen molar-refractivity contribution >= 4 is 34.6 Å². The van der Waals surface area contributed by atoms with Gasteiger partial charge in [-0.2, -0.15) is 0 Å². The highest BCUT2D eigenvalue weighted by Crippen LogP contribution is 2.19. The third kappa shape index (κ3) is 7.05. The average Bonchev–Trinajstić information content (AvgIpc) is 3.21. The Bertz CT molecular complexity index is 1020. The number of carbonyl (C=O) groups excluding carboxylic acids is 3. The lowest BCUT2D eigenvalue weighted by atomic mass is 9.97. The van der Waals surface area contributed by atoms with Crippen molar-refractivity contribution in [1.29, 1.82) is 0 Å². The largest absolute Gasteiger partial charge is 0.480 e. The summed E-state index contributed by atoms with van der Waals surface area (Å²) in [4.78, 5) is 52.6. The minimum absolute atomic E-state index is 0.0627. The molecule has 34 heavy (non-hydrogen) atoms. The molecule has 0 aliphatic rings. The molecule has 1 aromatic carbocycles. The second kappa shape index (κ2) is 12.2. The number of carbonyl (C=O) groups is 4. The molecular weight excluding hydrogens is 438 g/mol. The Morgan fingerprint density at radius 1 is 1.03 bits per heavy atom. The van der Waals surface area contributed by atoms with Gasteiger partial charge in [-0.15, -0.1) is 0 Å². The van der Waals surface area contributed by atoms with Crippen LogP contribution >= 0.6 is 0 Å². The lowest BCUT2D eigenvalue weighted by Gasteiger charge is -2.27. The lowest BCUT2D eigenvalue weighted by Crippen LogP contribution is -2.58. The molecule has 4 unspecified atom stereocenters.